The first-order chi connectivity index (χ1) is 10.7. The molecule has 0 saturated carbocycles. The Balaban J connectivity index is 1.56. The third kappa shape index (κ3) is 5.83. The van der Waals surface area contributed by atoms with Crippen molar-refractivity contribution in [2.45, 2.75) is 25.8 Å². The van der Waals surface area contributed by atoms with Crippen molar-refractivity contribution in [3.05, 3.63) is 60.1 Å². The van der Waals surface area contributed by atoms with Crippen LogP contribution in [-0.4, -0.2) is 18.4 Å². The number of rotatable bonds is 8. The Kier molecular flexibility index (Phi) is 6.23. The molecule has 0 aliphatic rings. The van der Waals surface area contributed by atoms with Crippen LogP contribution in [0.25, 0.3) is 0 Å². The fourth-order valence-corrected chi connectivity index (χ4v) is 1.99. The van der Waals surface area contributed by atoms with Gasteiger partial charge in [0.2, 0.25) is 11.8 Å². The van der Waals surface area contributed by atoms with Crippen molar-refractivity contribution >= 4 is 11.8 Å². The average Bonchev–Trinajstić information content (AvgIpc) is 3.05. The molecule has 0 saturated heterocycles. The van der Waals surface area contributed by atoms with E-state index in [1.807, 2.05) is 30.3 Å². The SMILES string of the molecule is O=C(CCC(=O)NCc1ccco1)NCCc1ccccc1. The van der Waals surface area contributed by atoms with Crippen LogP contribution in [0.5, 0.6) is 0 Å². The van der Waals surface area contributed by atoms with E-state index in [9.17, 15) is 9.59 Å². The highest BCUT2D eigenvalue weighted by Gasteiger charge is 2.07. The Labute approximate surface area is 129 Å². The predicted octanol–water partition coefficient (Wildman–Crippen LogP) is 2.03. The largest absolute Gasteiger partial charge is 0.467 e. The lowest BCUT2D eigenvalue weighted by molar-refractivity contribution is -0.126. The molecular weight excluding hydrogens is 280 g/mol. The van der Waals surface area contributed by atoms with Crippen molar-refractivity contribution in [1.82, 2.24) is 10.6 Å². The molecule has 2 N–H and O–H groups in total. The van der Waals surface area contributed by atoms with E-state index in [-0.39, 0.29) is 24.7 Å². The van der Waals surface area contributed by atoms with E-state index in [1.54, 1.807) is 18.4 Å². The zero-order chi connectivity index (χ0) is 15.6. The van der Waals surface area contributed by atoms with Crippen LogP contribution in [0.3, 0.4) is 0 Å². The molecule has 1 aromatic heterocycles. The van der Waals surface area contributed by atoms with Gasteiger partial charge in [0.15, 0.2) is 0 Å². The van der Waals surface area contributed by atoms with Gasteiger partial charge in [0.1, 0.15) is 5.76 Å². The Bertz CT molecular complexity index is 579. The number of hydrogen-bond acceptors (Lipinski definition) is 3. The molecule has 22 heavy (non-hydrogen) atoms. The zero-order valence-electron chi connectivity index (χ0n) is 12.4. The van der Waals surface area contributed by atoms with Crippen molar-refractivity contribution < 1.29 is 14.0 Å². The summed E-state index contributed by atoms with van der Waals surface area (Å²) in [4.78, 5) is 23.3. The number of carbonyl (C=O) groups is 2. The maximum absolute atomic E-state index is 11.7. The molecular formula is C17H20N2O3. The van der Waals surface area contributed by atoms with Crippen molar-refractivity contribution in [1.29, 1.82) is 0 Å². The van der Waals surface area contributed by atoms with Crippen LogP contribution in [-0.2, 0) is 22.6 Å². The van der Waals surface area contributed by atoms with Gasteiger partial charge in [0.05, 0.1) is 12.8 Å². The van der Waals surface area contributed by atoms with Gasteiger partial charge >= 0.3 is 0 Å². The van der Waals surface area contributed by atoms with Gasteiger partial charge in [-0.1, -0.05) is 30.3 Å². The summed E-state index contributed by atoms with van der Waals surface area (Å²) in [6.45, 7) is 0.929. The lowest BCUT2D eigenvalue weighted by atomic mass is 10.1. The molecule has 0 aliphatic heterocycles. The Morgan fingerprint density at radius 3 is 2.32 bits per heavy atom. The average molecular weight is 300 g/mol. The molecule has 0 unspecified atom stereocenters. The molecule has 116 valence electrons. The van der Waals surface area contributed by atoms with Crippen molar-refractivity contribution in [3.63, 3.8) is 0 Å². The van der Waals surface area contributed by atoms with Crippen LogP contribution in [0.4, 0.5) is 0 Å². The van der Waals surface area contributed by atoms with Gasteiger partial charge in [-0.3, -0.25) is 9.59 Å². The highest BCUT2D eigenvalue weighted by atomic mass is 16.3. The molecule has 0 spiro atoms. The second-order valence-electron chi connectivity index (χ2n) is 4.94. The molecule has 1 aromatic carbocycles. The minimum absolute atomic E-state index is 0.107. The fourth-order valence-electron chi connectivity index (χ4n) is 1.99. The van der Waals surface area contributed by atoms with E-state index in [0.717, 1.165) is 6.42 Å². The standard InChI is InChI=1S/C17H20N2O3/c20-16(18-11-10-14-5-2-1-3-6-14)8-9-17(21)19-13-15-7-4-12-22-15/h1-7,12H,8-11,13H2,(H,18,20)(H,19,21). The molecule has 1 heterocycles. The highest BCUT2D eigenvalue weighted by molar-refractivity contribution is 5.83. The summed E-state index contributed by atoms with van der Waals surface area (Å²) in [6, 6.07) is 13.5. The van der Waals surface area contributed by atoms with Crippen molar-refractivity contribution in [2.75, 3.05) is 6.54 Å². The van der Waals surface area contributed by atoms with Crippen molar-refractivity contribution in [2.24, 2.45) is 0 Å². The van der Waals surface area contributed by atoms with Crippen LogP contribution in [0, 0.1) is 0 Å². The quantitative estimate of drug-likeness (QED) is 0.783. The van der Waals surface area contributed by atoms with Gasteiger partial charge in [0, 0.05) is 19.4 Å². The van der Waals surface area contributed by atoms with Gasteiger partial charge in [-0.15, -0.1) is 0 Å². The molecule has 0 fully saturated rings. The number of amides is 2. The first kappa shape index (κ1) is 15.8. The zero-order valence-corrected chi connectivity index (χ0v) is 12.4. The van der Waals surface area contributed by atoms with Gasteiger partial charge in [-0.25, -0.2) is 0 Å². The van der Waals surface area contributed by atoms with Gasteiger partial charge in [0.25, 0.3) is 0 Å². The summed E-state index contributed by atoms with van der Waals surface area (Å²) in [7, 11) is 0. The first-order valence-electron chi connectivity index (χ1n) is 7.34. The van der Waals surface area contributed by atoms with E-state index in [4.69, 9.17) is 4.42 Å². The molecule has 2 aromatic rings. The molecule has 2 amide bonds. The smallest absolute Gasteiger partial charge is 0.220 e. The molecule has 0 radical (unpaired) electrons. The number of nitrogens with one attached hydrogen (secondary N) is 2. The summed E-state index contributed by atoms with van der Waals surface area (Å²) >= 11 is 0. The molecule has 5 nitrogen and oxygen atoms in total. The summed E-state index contributed by atoms with van der Waals surface area (Å²) in [5.41, 5.74) is 1.18. The molecule has 5 heteroatoms. The van der Waals surface area contributed by atoms with E-state index in [0.29, 0.717) is 18.8 Å². The number of hydrogen-bond donors (Lipinski definition) is 2. The lowest BCUT2D eigenvalue weighted by Crippen LogP contribution is -2.28. The topological polar surface area (TPSA) is 71.3 Å². The minimum atomic E-state index is -0.158. The minimum Gasteiger partial charge on any atom is -0.467 e. The third-order valence-corrected chi connectivity index (χ3v) is 3.20. The van der Waals surface area contributed by atoms with Crippen molar-refractivity contribution in [3.8, 4) is 0 Å². The van der Waals surface area contributed by atoms with Crippen LogP contribution in [0.15, 0.2) is 53.1 Å². The first-order valence-corrected chi connectivity index (χ1v) is 7.34. The Morgan fingerprint density at radius 1 is 0.909 bits per heavy atom. The van der Waals surface area contributed by atoms with Gasteiger partial charge < -0.3 is 15.1 Å². The summed E-state index contributed by atoms with van der Waals surface area (Å²) in [6.07, 6.45) is 2.72. The highest BCUT2D eigenvalue weighted by Crippen LogP contribution is 2.00. The Morgan fingerprint density at radius 2 is 1.64 bits per heavy atom. The number of benzene rings is 1. The molecule has 0 atom stereocenters. The van der Waals surface area contributed by atoms with Crippen LogP contribution >= 0.6 is 0 Å². The van der Waals surface area contributed by atoms with Crippen LogP contribution < -0.4 is 10.6 Å². The predicted molar refractivity (Wildman–Crippen MR) is 82.9 cm³/mol. The summed E-state index contributed by atoms with van der Waals surface area (Å²) in [5, 5.41) is 5.53. The molecule has 0 aliphatic carbocycles. The van der Waals surface area contributed by atoms with E-state index in [1.165, 1.54) is 5.56 Å². The second kappa shape index (κ2) is 8.67. The van der Waals surface area contributed by atoms with Crippen LogP contribution in [0.1, 0.15) is 24.2 Å². The summed E-state index contributed by atoms with van der Waals surface area (Å²) in [5.74, 6) is 0.430. The molecule has 2 rings (SSSR count). The lowest BCUT2D eigenvalue weighted by Gasteiger charge is -2.06. The maximum atomic E-state index is 11.7. The normalized spacial score (nSPS) is 10.2. The van der Waals surface area contributed by atoms with Crippen LogP contribution in [0.2, 0.25) is 0 Å². The number of furan rings is 1. The maximum Gasteiger partial charge on any atom is 0.220 e. The Hall–Kier alpha value is -2.56. The van der Waals surface area contributed by atoms with Gasteiger partial charge in [-0.05, 0) is 24.1 Å². The third-order valence-electron chi connectivity index (χ3n) is 3.20. The van der Waals surface area contributed by atoms with E-state index in [2.05, 4.69) is 10.6 Å². The summed E-state index contributed by atoms with van der Waals surface area (Å²) < 4.78 is 5.11. The fraction of sp³-hybridized carbons (Fsp3) is 0.294. The molecule has 0 bridgehead atoms. The second-order valence-corrected chi connectivity index (χ2v) is 4.94. The van der Waals surface area contributed by atoms with E-state index >= 15 is 0 Å². The van der Waals surface area contributed by atoms with E-state index < -0.39 is 0 Å². The van der Waals surface area contributed by atoms with Gasteiger partial charge in [-0.2, -0.15) is 0 Å². The number of carbonyl (C=O) groups excluding carboxylic acids is 2. The monoisotopic (exact) mass is 300 g/mol.